The van der Waals surface area contributed by atoms with Crippen LogP contribution in [-0.4, -0.2) is 58.2 Å². The summed E-state index contributed by atoms with van der Waals surface area (Å²) in [4.78, 5) is 4.68. The van der Waals surface area contributed by atoms with Crippen LogP contribution in [0.2, 0.25) is 0 Å². The summed E-state index contributed by atoms with van der Waals surface area (Å²) in [6.07, 6.45) is 1.19. The Bertz CT molecular complexity index is 595. The van der Waals surface area contributed by atoms with Gasteiger partial charge in [-0.2, -0.15) is 0 Å². The highest BCUT2D eigenvalue weighted by Gasteiger charge is 2.17. The highest BCUT2D eigenvalue weighted by Crippen LogP contribution is 2.28. The fourth-order valence-electron chi connectivity index (χ4n) is 2.78. The van der Waals surface area contributed by atoms with Gasteiger partial charge in [0.15, 0.2) is 17.5 Å². The van der Waals surface area contributed by atoms with Crippen LogP contribution in [0.3, 0.4) is 0 Å². The third-order valence-electron chi connectivity index (χ3n) is 4.14. The smallest absolute Gasteiger partial charge is 0.191 e. The number of nitrogens with zero attached hydrogens (tertiary/aromatic N) is 1. The van der Waals surface area contributed by atoms with Crippen LogP contribution in [0.25, 0.3) is 0 Å². The first-order chi connectivity index (χ1) is 13.2. The molecule has 160 valence electrons. The monoisotopic (exact) mass is 507 g/mol. The second-order valence-corrected chi connectivity index (χ2v) is 6.48. The van der Waals surface area contributed by atoms with E-state index in [1.54, 1.807) is 7.11 Å². The number of benzene rings is 1. The number of aliphatic imine (C=N–C) groups is 1. The number of methoxy groups -OCH3 is 1. The van der Waals surface area contributed by atoms with E-state index in [1.807, 2.05) is 25.1 Å². The van der Waals surface area contributed by atoms with Gasteiger partial charge in [0.25, 0.3) is 0 Å². The lowest BCUT2D eigenvalue weighted by Crippen LogP contribution is -2.44. The number of nitrogens with one attached hydrogen (secondary N) is 2. The molecule has 2 N–H and O–H groups in total. The molecule has 1 aromatic carbocycles. The van der Waals surface area contributed by atoms with Gasteiger partial charge in [-0.3, -0.25) is 0 Å². The minimum atomic E-state index is 0. The number of ether oxygens (including phenoxy) is 4. The van der Waals surface area contributed by atoms with Crippen molar-refractivity contribution in [1.29, 1.82) is 0 Å². The van der Waals surface area contributed by atoms with Gasteiger partial charge in [-0.05, 0) is 44.9 Å². The second kappa shape index (κ2) is 13.8. The molecule has 1 aliphatic rings. The van der Waals surface area contributed by atoms with Crippen LogP contribution in [0.15, 0.2) is 23.2 Å². The first kappa shape index (κ1) is 24.8. The Labute approximate surface area is 185 Å². The summed E-state index contributed by atoms with van der Waals surface area (Å²) >= 11 is 0. The van der Waals surface area contributed by atoms with Gasteiger partial charge in [-0.15, -0.1) is 24.0 Å². The molecule has 28 heavy (non-hydrogen) atoms. The Kier molecular flexibility index (Phi) is 12.2. The van der Waals surface area contributed by atoms with Gasteiger partial charge in [-0.1, -0.05) is 6.07 Å². The molecule has 8 heteroatoms. The van der Waals surface area contributed by atoms with Crippen molar-refractivity contribution in [2.45, 2.75) is 45.9 Å². The summed E-state index contributed by atoms with van der Waals surface area (Å²) in [5.41, 5.74) is 1.06. The van der Waals surface area contributed by atoms with Crippen LogP contribution in [0.4, 0.5) is 0 Å². The van der Waals surface area contributed by atoms with Gasteiger partial charge in [0.1, 0.15) is 0 Å². The van der Waals surface area contributed by atoms with Crippen LogP contribution in [-0.2, 0) is 16.0 Å². The maximum atomic E-state index is 5.87. The van der Waals surface area contributed by atoms with Crippen LogP contribution in [0, 0.1) is 0 Å². The Hall–Kier alpha value is -1.26. The summed E-state index contributed by atoms with van der Waals surface area (Å²) < 4.78 is 22.2. The molecule has 0 bridgehead atoms. The average Bonchev–Trinajstić information content (AvgIpc) is 3.19. The predicted octanol–water partition coefficient (Wildman–Crippen LogP) is 2.96. The largest absolute Gasteiger partial charge is 0.493 e. The topological polar surface area (TPSA) is 73.3 Å². The molecule has 1 aliphatic heterocycles. The fraction of sp³-hybridized carbons (Fsp3) is 0.650. The molecule has 7 nitrogen and oxygen atoms in total. The van der Waals surface area contributed by atoms with Crippen molar-refractivity contribution in [1.82, 2.24) is 10.6 Å². The lowest BCUT2D eigenvalue weighted by molar-refractivity contribution is 0.0347. The minimum absolute atomic E-state index is 0. The van der Waals surface area contributed by atoms with E-state index in [2.05, 4.69) is 29.5 Å². The number of rotatable bonds is 10. The summed E-state index contributed by atoms with van der Waals surface area (Å²) in [7, 11) is 1.64. The van der Waals surface area contributed by atoms with Crippen LogP contribution < -0.4 is 20.1 Å². The standard InChI is InChI=1S/C20H33N3O4.HI/c1-5-21-20(23-15(3)13-27-17-9-10-25-14-17)22-12-16-7-8-18(24-4)19(11-16)26-6-2;/h7-8,11,15,17H,5-6,9-10,12-14H2,1-4H3,(H2,21,22,23);1H. The van der Waals surface area contributed by atoms with E-state index in [0.717, 1.165) is 42.6 Å². The molecule has 0 aromatic heterocycles. The molecule has 2 rings (SSSR count). The molecule has 1 saturated heterocycles. The number of hydrogen-bond acceptors (Lipinski definition) is 5. The Morgan fingerprint density at radius 3 is 2.79 bits per heavy atom. The number of halogens is 1. The van der Waals surface area contributed by atoms with E-state index < -0.39 is 0 Å². The van der Waals surface area contributed by atoms with Crippen molar-refractivity contribution in [3.8, 4) is 11.5 Å². The highest BCUT2D eigenvalue weighted by atomic mass is 127. The van der Waals surface area contributed by atoms with Crippen molar-refractivity contribution in [3.05, 3.63) is 23.8 Å². The van der Waals surface area contributed by atoms with Gasteiger partial charge in [0.05, 0.1) is 39.6 Å². The van der Waals surface area contributed by atoms with Crippen molar-refractivity contribution < 1.29 is 18.9 Å². The zero-order valence-corrected chi connectivity index (χ0v) is 19.7. The predicted molar refractivity (Wildman–Crippen MR) is 122 cm³/mol. The van der Waals surface area contributed by atoms with E-state index in [0.29, 0.717) is 26.4 Å². The second-order valence-electron chi connectivity index (χ2n) is 6.48. The Balaban J connectivity index is 0.00000392. The third-order valence-corrected chi connectivity index (χ3v) is 4.14. The molecule has 0 aliphatic carbocycles. The molecule has 0 saturated carbocycles. The summed E-state index contributed by atoms with van der Waals surface area (Å²) in [5.74, 6) is 2.24. The molecule has 1 heterocycles. The Morgan fingerprint density at radius 1 is 1.32 bits per heavy atom. The maximum absolute atomic E-state index is 5.87. The SMILES string of the molecule is CCNC(=NCc1ccc(OC)c(OCC)c1)NC(C)COC1CCOC1.I. The fourth-order valence-corrected chi connectivity index (χ4v) is 2.78. The Morgan fingerprint density at radius 2 is 2.14 bits per heavy atom. The van der Waals surface area contributed by atoms with Crippen molar-refractivity contribution in [2.24, 2.45) is 4.99 Å². The maximum Gasteiger partial charge on any atom is 0.191 e. The first-order valence-electron chi connectivity index (χ1n) is 9.70. The lowest BCUT2D eigenvalue weighted by Gasteiger charge is -2.19. The molecule has 0 spiro atoms. The molecule has 0 amide bonds. The minimum Gasteiger partial charge on any atom is -0.493 e. The molecule has 1 fully saturated rings. The molecular weight excluding hydrogens is 473 g/mol. The quantitative estimate of drug-likeness (QED) is 0.288. The van der Waals surface area contributed by atoms with Gasteiger partial charge < -0.3 is 29.6 Å². The average molecular weight is 507 g/mol. The molecule has 0 radical (unpaired) electrons. The van der Waals surface area contributed by atoms with E-state index in [4.69, 9.17) is 18.9 Å². The van der Waals surface area contributed by atoms with Gasteiger partial charge in [0.2, 0.25) is 0 Å². The van der Waals surface area contributed by atoms with Crippen LogP contribution >= 0.6 is 24.0 Å². The normalized spacial score (nSPS) is 17.6. The van der Waals surface area contributed by atoms with Gasteiger partial charge in [-0.25, -0.2) is 4.99 Å². The van der Waals surface area contributed by atoms with E-state index in [9.17, 15) is 0 Å². The molecule has 2 unspecified atom stereocenters. The van der Waals surface area contributed by atoms with Crippen molar-refractivity contribution in [3.63, 3.8) is 0 Å². The van der Waals surface area contributed by atoms with Gasteiger partial charge >= 0.3 is 0 Å². The van der Waals surface area contributed by atoms with E-state index >= 15 is 0 Å². The molecule has 2 atom stereocenters. The third kappa shape index (κ3) is 8.40. The van der Waals surface area contributed by atoms with Gasteiger partial charge in [0, 0.05) is 19.2 Å². The van der Waals surface area contributed by atoms with E-state index in [1.165, 1.54) is 0 Å². The lowest BCUT2D eigenvalue weighted by atomic mass is 10.2. The zero-order chi connectivity index (χ0) is 19.5. The van der Waals surface area contributed by atoms with Crippen LogP contribution in [0.5, 0.6) is 11.5 Å². The molecule has 1 aromatic rings. The van der Waals surface area contributed by atoms with E-state index in [-0.39, 0.29) is 36.1 Å². The van der Waals surface area contributed by atoms with Crippen molar-refractivity contribution in [2.75, 3.05) is 40.1 Å². The zero-order valence-electron chi connectivity index (χ0n) is 17.3. The number of guanidine groups is 1. The molecular formula is C20H34IN3O4. The van der Waals surface area contributed by atoms with Crippen molar-refractivity contribution >= 4 is 29.9 Å². The summed E-state index contributed by atoms with van der Waals surface area (Å²) in [5, 5.41) is 6.67. The first-order valence-corrected chi connectivity index (χ1v) is 9.70. The van der Waals surface area contributed by atoms with Crippen LogP contribution in [0.1, 0.15) is 32.8 Å². The highest BCUT2D eigenvalue weighted by molar-refractivity contribution is 14.0. The number of hydrogen-bond donors (Lipinski definition) is 2. The summed E-state index contributed by atoms with van der Waals surface area (Å²) in [6, 6.07) is 6.04. The summed E-state index contributed by atoms with van der Waals surface area (Å²) in [6.45, 7) is 10.1.